The molecule has 0 aromatic heterocycles. The van der Waals surface area contributed by atoms with E-state index in [4.69, 9.17) is 0 Å². The molecule has 1 amide bonds. The topological polar surface area (TPSA) is 26.8 Å². The van der Waals surface area contributed by atoms with Gasteiger partial charge in [-0.15, -0.1) is 0 Å². The predicted molar refractivity (Wildman–Crippen MR) is 104 cm³/mol. The molecule has 2 aliphatic heterocycles. The van der Waals surface area contributed by atoms with E-state index < -0.39 is 0 Å². The number of hydrogen-bond donors (Lipinski definition) is 0. The third-order valence-electron chi connectivity index (χ3n) is 6.96. The Labute approximate surface area is 154 Å². The van der Waals surface area contributed by atoms with Crippen molar-refractivity contribution in [1.82, 2.24) is 14.7 Å². The molecule has 1 unspecified atom stereocenters. The summed E-state index contributed by atoms with van der Waals surface area (Å²) in [7, 11) is 4.25. The Morgan fingerprint density at radius 1 is 1.00 bits per heavy atom. The van der Waals surface area contributed by atoms with Gasteiger partial charge >= 0.3 is 0 Å². The molecule has 2 heterocycles. The molecule has 3 rings (SSSR count). The number of hydrogen-bond acceptors (Lipinski definition) is 3. The molecule has 25 heavy (non-hydrogen) atoms. The smallest absolute Gasteiger partial charge is 0.226 e. The van der Waals surface area contributed by atoms with Crippen LogP contribution in [-0.2, 0) is 4.79 Å². The van der Waals surface area contributed by atoms with Crippen LogP contribution in [0.25, 0.3) is 0 Å². The average Bonchev–Trinajstić information content (AvgIpc) is 3.15. The molecule has 0 N–H and O–H groups in total. The number of rotatable bonds is 6. The van der Waals surface area contributed by atoms with Crippen molar-refractivity contribution in [3.63, 3.8) is 0 Å². The fraction of sp³-hybridized carbons (Fsp3) is 0.952. The number of piperidine rings is 2. The lowest BCUT2D eigenvalue weighted by molar-refractivity contribution is -0.136. The van der Waals surface area contributed by atoms with Crippen LogP contribution >= 0.6 is 0 Å². The van der Waals surface area contributed by atoms with Gasteiger partial charge in [-0.05, 0) is 71.1 Å². The molecule has 1 saturated carbocycles. The molecule has 1 aliphatic carbocycles. The summed E-state index contributed by atoms with van der Waals surface area (Å²) in [6.07, 6.45) is 13.0. The Bertz CT molecular complexity index is 413. The lowest BCUT2D eigenvalue weighted by Gasteiger charge is -2.41. The SMILES string of the molecule is CN1CCC(N2CCCC(C(=O)N(C)CCCC3CCCC3)C2)CC1. The van der Waals surface area contributed by atoms with Gasteiger partial charge in [0.2, 0.25) is 5.91 Å². The van der Waals surface area contributed by atoms with Crippen LogP contribution < -0.4 is 0 Å². The van der Waals surface area contributed by atoms with Crippen LogP contribution in [0.1, 0.15) is 64.2 Å². The quantitative estimate of drug-likeness (QED) is 0.737. The maximum absolute atomic E-state index is 12.9. The van der Waals surface area contributed by atoms with E-state index in [0.29, 0.717) is 11.9 Å². The first-order valence-corrected chi connectivity index (χ1v) is 10.8. The first kappa shape index (κ1) is 19.2. The number of carbonyl (C=O) groups is 1. The molecular formula is C21H39N3O. The van der Waals surface area contributed by atoms with Crippen molar-refractivity contribution in [2.24, 2.45) is 11.8 Å². The lowest BCUT2D eigenvalue weighted by atomic mass is 9.93. The Kier molecular flexibility index (Phi) is 7.18. The fourth-order valence-electron chi connectivity index (χ4n) is 5.24. The molecule has 0 radical (unpaired) electrons. The summed E-state index contributed by atoms with van der Waals surface area (Å²) < 4.78 is 0. The summed E-state index contributed by atoms with van der Waals surface area (Å²) in [5.41, 5.74) is 0. The highest BCUT2D eigenvalue weighted by Gasteiger charge is 2.32. The lowest BCUT2D eigenvalue weighted by Crippen LogP contribution is -2.50. The minimum Gasteiger partial charge on any atom is -0.345 e. The highest BCUT2D eigenvalue weighted by atomic mass is 16.2. The number of likely N-dealkylation sites (tertiary alicyclic amines) is 2. The summed E-state index contributed by atoms with van der Waals surface area (Å²) in [4.78, 5) is 20.0. The first-order valence-electron chi connectivity index (χ1n) is 10.8. The molecule has 144 valence electrons. The van der Waals surface area contributed by atoms with Crippen molar-refractivity contribution in [3.05, 3.63) is 0 Å². The molecule has 2 saturated heterocycles. The summed E-state index contributed by atoms with van der Waals surface area (Å²) >= 11 is 0. The zero-order valence-corrected chi connectivity index (χ0v) is 16.6. The van der Waals surface area contributed by atoms with E-state index in [0.717, 1.165) is 25.4 Å². The average molecular weight is 350 g/mol. The van der Waals surface area contributed by atoms with Crippen molar-refractivity contribution in [2.75, 3.05) is 46.8 Å². The molecule has 0 aromatic carbocycles. The molecule has 3 fully saturated rings. The predicted octanol–water partition coefficient (Wildman–Crippen LogP) is 3.22. The van der Waals surface area contributed by atoms with E-state index >= 15 is 0 Å². The number of amides is 1. The molecular weight excluding hydrogens is 310 g/mol. The van der Waals surface area contributed by atoms with Crippen molar-refractivity contribution >= 4 is 5.91 Å². The number of carbonyl (C=O) groups excluding carboxylic acids is 1. The van der Waals surface area contributed by atoms with E-state index in [1.807, 2.05) is 11.9 Å². The normalized spacial score (nSPS) is 27.7. The Balaban J connectivity index is 1.41. The second kappa shape index (κ2) is 9.36. The van der Waals surface area contributed by atoms with E-state index in [1.54, 1.807) is 0 Å². The van der Waals surface area contributed by atoms with Gasteiger partial charge in [0, 0.05) is 26.2 Å². The van der Waals surface area contributed by atoms with Crippen LogP contribution in [0.2, 0.25) is 0 Å². The van der Waals surface area contributed by atoms with Gasteiger partial charge in [-0.3, -0.25) is 9.69 Å². The molecule has 1 atom stereocenters. The molecule has 0 bridgehead atoms. The summed E-state index contributed by atoms with van der Waals surface area (Å²) in [6.45, 7) is 5.57. The maximum atomic E-state index is 12.9. The Hall–Kier alpha value is -0.610. The summed E-state index contributed by atoms with van der Waals surface area (Å²) in [6, 6.07) is 0.708. The molecule has 4 heteroatoms. The van der Waals surface area contributed by atoms with Crippen LogP contribution in [0.4, 0.5) is 0 Å². The zero-order valence-electron chi connectivity index (χ0n) is 16.6. The standard InChI is InChI=1S/C21H39N3O/c1-22-15-11-20(12-16-22)24-14-6-10-19(17-24)21(25)23(2)13-5-9-18-7-3-4-8-18/h18-20H,3-17H2,1-2H3. The molecule has 0 spiro atoms. The van der Waals surface area contributed by atoms with Crippen LogP contribution in [0.15, 0.2) is 0 Å². The van der Waals surface area contributed by atoms with Gasteiger partial charge in [0.15, 0.2) is 0 Å². The van der Waals surface area contributed by atoms with Gasteiger partial charge < -0.3 is 9.80 Å². The van der Waals surface area contributed by atoms with Gasteiger partial charge in [-0.25, -0.2) is 0 Å². The van der Waals surface area contributed by atoms with Crippen LogP contribution in [0.3, 0.4) is 0 Å². The van der Waals surface area contributed by atoms with E-state index in [1.165, 1.54) is 77.4 Å². The minimum absolute atomic E-state index is 0.241. The third kappa shape index (κ3) is 5.43. The van der Waals surface area contributed by atoms with Gasteiger partial charge in [0.05, 0.1) is 5.92 Å². The largest absolute Gasteiger partial charge is 0.345 e. The maximum Gasteiger partial charge on any atom is 0.226 e. The Morgan fingerprint density at radius 3 is 2.44 bits per heavy atom. The van der Waals surface area contributed by atoms with Crippen LogP contribution in [-0.4, -0.2) is 73.5 Å². The minimum atomic E-state index is 0.241. The second-order valence-corrected chi connectivity index (χ2v) is 8.92. The van der Waals surface area contributed by atoms with Gasteiger partial charge in [0.1, 0.15) is 0 Å². The van der Waals surface area contributed by atoms with E-state index in [2.05, 4.69) is 16.8 Å². The molecule has 3 aliphatic rings. The van der Waals surface area contributed by atoms with Crippen LogP contribution in [0, 0.1) is 11.8 Å². The number of nitrogens with zero attached hydrogens (tertiary/aromatic N) is 3. The monoisotopic (exact) mass is 349 g/mol. The fourth-order valence-corrected chi connectivity index (χ4v) is 5.24. The van der Waals surface area contributed by atoms with Crippen molar-refractivity contribution in [3.8, 4) is 0 Å². The zero-order chi connectivity index (χ0) is 17.6. The van der Waals surface area contributed by atoms with Gasteiger partial charge in [0.25, 0.3) is 0 Å². The summed E-state index contributed by atoms with van der Waals surface area (Å²) in [5.74, 6) is 1.59. The van der Waals surface area contributed by atoms with Crippen molar-refractivity contribution in [2.45, 2.75) is 70.3 Å². The highest BCUT2D eigenvalue weighted by Crippen LogP contribution is 2.29. The van der Waals surface area contributed by atoms with Crippen molar-refractivity contribution in [1.29, 1.82) is 0 Å². The molecule has 0 aromatic rings. The highest BCUT2D eigenvalue weighted by molar-refractivity contribution is 5.78. The second-order valence-electron chi connectivity index (χ2n) is 8.92. The van der Waals surface area contributed by atoms with Crippen LogP contribution in [0.5, 0.6) is 0 Å². The molecule has 4 nitrogen and oxygen atoms in total. The van der Waals surface area contributed by atoms with Gasteiger partial charge in [-0.2, -0.15) is 0 Å². The first-order chi connectivity index (χ1) is 12.1. The van der Waals surface area contributed by atoms with E-state index in [9.17, 15) is 4.79 Å². The Morgan fingerprint density at radius 2 is 1.72 bits per heavy atom. The summed E-state index contributed by atoms with van der Waals surface area (Å²) in [5, 5.41) is 0. The van der Waals surface area contributed by atoms with Gasteiger partial charge in [-0.1, -0.05) is 25.7 Å². The van der Waals surface area contributed by atoms with E-state index in [-0.39, 0.29) is 5.92 Å². The van der Waals surface area contributed by atoms with Crippen molar-refractivity contribution < 1.29 is 4.79 Å². The third-order valence-corrected chi connectivity index (χ3v) is 6.96.